The largest absolute Gasteiger partial charge is 0.497 e. The lowest BCUT2D eigenvalue weighted by molar-refractivity contribution is -0.651. The zero-order valence-corrected chi connectivity index (χ0v) is 17.8. The Hall–Kier alpha value is -2.78. The van der Waals surface area contributed by atoms with Crippen LogP contribution in [0.4, 0.5) is 0 Å². The maximum Gasteiger partial charge on any atom is 0.287 e. The Morgan fingerprint density at radius 3 is 2.45 bits per heavy atom. The molecule has 29 heavy (non-hydrogen) atoms. The van der Waals surface area contributed by atoms with Crippen molar-refractivity contribution in [1.82, 2.24) is 4.98 Å². The molecule has 148 valence electrons. The maximum absolute atomic E-state index is 6.46. The summed E-state index contributed by atoms with van der Waals surface area (Å²) in [6, 6.07) is 23.0. The summed E-state index contributed by atoms with van der Waals surface area (Å²) in [4.78, 5) is 3.60. The predicted octanol–water partition coefficient (Wildman–Crippen LogP) is 6.03. The van der Waals surface area contributed by atoms with Gasteiger partial charge in [0.25, 0.3) is 5.82 Å². The summed E-state index contributed by atoms with van der Waals surface area (Å²) in [7, 11) is 1.69. The molecule has 0 saturated heterocycles. The third kappa shape index (κ3) is 4.15. The minimum absolute atomic E-state index is 0.645. The van der Waals surface area contributed by atoms with Gasteiger partial charge in [-0.2, -0.15) is 0 Å². The topological polar surface area (TPSA) is 28.9 Å². The fraction of sp³-hybridized carbons (Fsp3) is 0.240. The monoisotopic (exact) mass is 405 g/mol. The third-order valence-corrected chi connectivity index (χ3v) is 5.54. The second-order valence-corrected chi connectivity index (χ2v) is 8.24. The first kappa shape index (κ1) is 19.5. The molecule has 4 rings (SSSR count). The number of nitrogens with zero attached hydrogens (tertiary/aromatic N) is 1. The van der Waals surface area contributed by atoms with E-state index in [0.29, 0.717) is 12.5 Å². The second kappa shape index (κ2) is 8.30. The average Bonchev–Trinajstić information content (AvgIpc) is 3.07. The first-order valence-electron chi connectivity index (χ1n) is 9.97. The van der Waals surface area contributed by atoms with E-state index in [-0.39, 0.29) is 0 Å². The molecule has 0 spiro atoms. The van der Waals surface area contributed by atoms with E-state index in [0.717, 1.165) is 45.2 Å². The van der Waals surface area contributed by atoms with E-state index in [1.807, 2.05) is 30.3 Å². The van der Waals surface area contributed by atoms with E-state index < -0.39 is 0 Å². The van der Waals surface area contributed by atoms with Gasteiger partial charge in [-0.3, -0.25) is 0 Å². The lowest BCUT2D eigenvalue weighted by atomic mass is 10.0. The Kier molecular flexibility index (Phi) is 5.59. The third-order valence-electron chi connectivity index (χ3n) is 5.18. The molecule has 0 bridgehead atoms. The maximum atomic E-state index is 6.46. The highest BCUT2D eigenvalue weighted by Gasteiger charge is 2.22. The van der Waals surface area contributed by atoms with Crippen molar-refractivity contribution < 1.29 is 9.30 Å². The zero-order chi connectivity index (χ0) is 20.4. The van der Waals surface area contributed by atoms with E-state index in [1.54, 1.807) is 7.11 Å². The van der Waals surface area contributed by atoms with Crippen LogP contribution in [0.3, 0.4) is 0 Å². The van der Waals surface area contributed by atoms with Gasteiger partial charge < -0.3 is 4.74 Å². The van der Waals surface area contributed by atoms with Crippen molar-refractivity contribution in [2.45, 2.75) is 26.8 Å². The number of aromatic amines is 1. The Balaban J connectivity index is 1.82. The van der Waals surface area contributed by atoms with Crippen LogP contribution in [0.25, 0.3) is 22.4 Å². The molecular weight excluding hydrogens is 380 g/mol. The van der Waals surface area contributed by atoms with Crippen molar-refractivity contribution in [2.75, 3.05) is 7.11 Å². The standard InChI is InChI=1S/C25H25ClN2O/c1-17(2)14-18-8-10-19(11-9-18)25-27-23-15-21(29-3)12-13-24(23)28(25)16-20-6-4-5-7-22(20)26/h4-13,15,17H,14,16H2,1-3H3/p+1. The van der Waals surface area contributed by atoms with E-state index in [9.17, 15) is 0 Å². The molecule has 3 nitrogen and oxygen atoms in total. The average molecular weight is 406 g/mol. The first-order chi connectivity index (χ1) is 14.0. The SMILES string of the molecule is COc1ccc2c(c1)[nH]c(-c1ccc(CC(C)C)cc1)[n+]2Cc1ccccc1Cl. The summed E-state index contributed by atoms with van der Waals surface area (Å²) in [6.07, 6.45) is 1.09. The number of halogens is 1. The van der Waals surface area contributed by atoms with Gasteiger partial charge in [-0.15, -0.1) is 0 Å². The van der Waals surface area contributed by atoms with Gasteiger partial charge in [-0.25, -0.2) is 9.55 Å². The smallest absolute Gasteiger partial charge is 0.287 e. The minimum Gasteiger partial charge on any atom is -0.497 e. The van der Waals surface area contributed by atoms with Gasteiger partial charge in [0.15, 0.2) is 11.0 Å². The Labute approximate surface area is 176 Å². The van der Waals surface area contributed by atoms with Crippen molar-refractivity contribution in [3.05, 3.63) is 82.9 Å². The normalized spacial score (nSPS) is 11.3. The van der Waals surface area contributed by atoms with Gasteiger partial charge in [0.2, 0.25) is 0 Å². The summed E-state index contributed by atoms with van der Waals surface area (Å²) in [5.74, 6) is 2.54. The lowest BCUT2D eigenvalue weighted by Crippen LogP contribution is -2.35. The summed E-state index contributed by atoms with van der Waals surface area (Å²) in [5.41, 5.74) is 5.76. The van der Waals surface area contributed by atoms with Crippen LogP contribution in [-0.4, -0.2) is 12.1 Å². The van der Waals surface area contributed by atoms with E-state index >= 15 is 0 Å². The fourth-order valence-corrected chi connectivity index (χ4v) is 3.95. The van der Waals surface area contributed by atoms with Gasteiger partial charge in [0.05, 0.1) is 12.7 Å². The highest BCUT2D eigenvalue weighted by atomic mass is 35.5. The van der Waals surface area contributed by atoms with E-state index in [4.69, 9.17) is 16.3 Å². The van der Waals surface area contributed by atoms with Crippen molar-refractivity contribution in [3.63, 3.8) is 0 Å². The Morgan fingerprint density at radius 1 is 1.00 bits per heavy atom. The molecule has 0 aliphatic rings. The van der Waals surface area contributed by atoms with E-state index in [2.05, 4.69) is 59.8 Å². The zero-order valence-electron chi connectivity index (χ0n) is 17.1. The van der Waals surface area contributed by atoms with Gasteiger partial charge in [-0.1, -0.05) is 55.8 Å². The molecule has 0 atom stereocenters. The molecule has 0 amide bonds. The number of benzene rings is 3. The molecule has 4 heteroatoms. The number of H-pyrrole nitrogens is 1. The molecule has 0 fully saturated rings. The number of imidazole rings is 1. The van der Waals surface area contributed by atoms with Crippen molar-refractivity contribution in [2.24, 2.45) is 5.92 Å². The summed E-state index contributed by atoms with van der Waals surface area (Å²) in [5, 5.41) is 0.779. The predicted molar refractivity (Wildman–Crippen MR) is 120 cm³/mol. The Bertz CT molecular complexity index is 1130. The number of nitrogens with one attached hydrogen (secondary N) is 1. The van der Waals surface area contributed by atoms with Crippen LogP contribution in [0.5, 0.6) is 5.75 Å². The van der Waals surface area contributed by atoms with E-state index in [1.165, 1.54) is 5.56 Å². The molecule has 0 unspecified atom stereocenters. The van der Waals surface area contributed by atoms with Gasteiger partial charge in [0.1, 0.15) is 12.3 Å². The van der Waals surface area contributed by atoms with Crippen LogP contribution in [0.2, 0.25) is 5.02 Å². The van der Waals surface area contributed by atoms with Gasteiger partial charge in [-0.05, 0) is 48.2 Å². The molecule has 1 aromatic heterocycles. The van der Waals surface area contributed by atoms with Crippen LogP contribution < -0.4 is 9.30 Å². The number of rotatable bonds is 6. The number of aromatic nitrogens is 2. The number of ether oxygens (including phenoxy) is 1. The van der Waals surface area contributed by atoms with Gasteiger partial charge in [0, 0.05) is 16.7 Å². The number of fused-ring (bicyclic) bond motifs is 1. The molecule has 0 radical (unpaired) electrons. The van der Waals surface area contributed by atoms with Crippen LogP contribution in [-0.2, 0) is 13.0 Å². The van der Waals surface area contributed by atoms with Crippen molar-refractivity contribution in [1.29, 1.82) is 0 Å². The lowest BCUT2D eigenvalue weighted by Gasteiger charge is -2.07. The molecule has 4 aromatic rings. The number of hydrogen-bond acceptors (Lipinski definition) is 1. The molecule has 1 heterocycles. The summed E-state index contributed by atoms with van der Waals surface area (Å²) >= 11 is 6.46. The first-order valence-corrected chi connectivity index (χ1v) is 10.3. The van der Waals surface area contributed by atoms with Crippen molar-refractivity contribution in [3.8, 4) is 17.1 Å². The van der Waals surface area contributed by atoms with Crippen LogP contribution in [0.15, 0.2) is 66.7 Å². The van der Waals surface area contributed by atoms with Gasteiger partial charge >= 0.3 is 0 Å². The molecule has 1 N–H and O–H groups in total. The molecule has 3 aromatic carbocycles. The molecule has 0 saturated carbocycles. The highest BCUT2D eigenvalue weighted by molar-refractivity contribution is 6.31. The van der Waals surface area contributed by atoms with Crippen LogP contribution in [0.1, 0.15) is 25.0 Å². The molecule has 0 aliphatic carbocycles. The summed E-state index contributed by atoms with van der Waals surface area (Å²) < 4.78 is 7.70. The van der Waals surface area contributed by atoms with Crippen molar-refractivity contribution >= 4 is 22.6 Å². The molecule has 0 aliphatic heterocycles. The highest BCUT2D eigenvalue weighted by Crippen LogP contribution is 2.25. The number of methoxy groups -OCH3 is 1. The fourth-order valence-electron chi connectivity index (χ4n) is 3.75. The summed E-state index contributed by atoms with van der Waals surface area (Å²) in [6.45, 7) is 5.18. The second-order valence-electron chi connectivity index (χ2n) is 7.83. The minimum atomic E-state index is 0.645. The van der Waals surface area contributed by atoms with Crippen LogP contribution >= 0.6 is 11.6 Å². The van der Waals surface area contributed by atoms with Crippen LogP contribution in [0, 0.1) is 5.92 Å². The quantitative estimate of drug-likeness (QED) is 0.390. The number of hydrogen-bond donors (Lipinski definition) is 1. The Morgan fingerprint density at radius 2 is 1.76 bits per heavy atom. The molecular formula is C25H26ClN2O+.